The Hall–Kier alpha value is -2.43. The number of hydrogen-bond donors (Lipinski definition) is 1. The molecule has 1 aliphatic rings. The number of anilines is 2. The fourth-order valence-corrected chi connectivity index (χ4v) is 2.61. The van der Waals surface area contributed by atoms with Crippen molar-refractivity contribution in [3.63, 3.8) is 0 Å². The van der Waals surface area contributed by atoms with Crippen molar-refractivity contribution in [3.8, 4) is 0 Å². The molecule has 0 amide bonds. The van der Waals surface area contributed by atoms with Crippen molar-refractivity contribution in [2.24, 2.45) is 0 Å². The lowest BCUT2D eigenvalue weighted by atomic mass is 10.1. The number of carboxylic acids is 1. The van der Waals surface area contributed by atoms with E-state index in [9.17, 15) is 9.90 Å². The largest absolute Gasteiger partial charge is 0.476 e. The molecule has 0 saturated carbocycles. The topological polar surface area (TPSA) is 66.3 Å². The molecule has 0 saturated heterocycles. The summed E-state index contributed by atoms with van der Waals surface area (Å²) < 4.78 is 0. The summed E-state index contributed by atoms with van der Waals surface area (Å²) in [6, 6.07) is 8.03. The van der Waals surface area contributed by atoms with Crippen molar-refractivity contribution in [1.82, 2.24) is 9.97 Å². The molecule has 0 unspecified atom stereocenters. The summed E-state index contributed by atoms with van der Waals surface area (Å²) in [5.74, 6) is -0.356. The van der Waals surface area contributed by atoms with Gasteiger partial charge in [0, 0.05) is 18.2 Å². The molecule has 0 fully saturated rings. The molecule has 5 heteroatoms. The fourth-order valence-electron chi connectivity index (χ4n) is 2.61. The molecule has 0 bridgehead atoms. The van der Waals surface area contributed by atoms with E-state index in [2.05, 4.69) is 16.0 Å². The maximum atomic E-state index is 11.5. The lowest BCUT2D eigenvalue weighted by molar-refractivity contribution is 0.0690. The minimum atomic E-state index is -1.02. The maximum Gasteiger partial charge on any atom is 0.356 e. The van der Waals surface area contributed by atoms with Crippen LogP contribution in [0.3, 0.4) is 0 Å². The number of benzene rings is 1. The number of aromatic carboxylic acids is 1. The molecule has 1 N–H and O–H groups in total. The number of nitrogens with zero attached hydrogens (tertiary/aromatic N) is 3. The van der Waals surface area contributed by atoms with Gasteiger partial charge in [-0.3, -0.25) is 0 Å². The minimum absolute atomic E-state index is 0.0744. The Morgan fingerprint density at radius 1 is 1.29 bits per heavy atom. The first kappa shape index (κ1) is 13.5. The molecule has 0 atom stereocenters. The van der Waals surface area contributed by atoms with E-state index in [1.807, 2.05) is 36.9 Å². The van der Waals surface area contributed by atoms with Crippen LogP contribution in [0.2, 0.25) is 0 Å². The first-order valence-corrected chi connectivity index (χ1v) is 7.03. The van der Waals surface area contributed by atoms with E-state index < -0.39 is 5.97 Å². The molecular formula is C16H17N3O2. The predicted molar refractivity (Wildman–Crippen MR) is 80.2 cm³/mol. The summed E-state index contributed by atoms with van der Waals surface area (Å²) in [6.45, 7) is 4.65. The molecule has 3 rings (SSSR count). The van der Waals surface area contributed by atoms with Gasteiger partial charge in [0.15, 0.2) is 5.69 Å². The lowest BCUT2D eigenvalue weighted by Crippen LogP contribution is -2.19. The number of rotatable bonds is 3. The van der Waals surface area contributed by atoms with Crippen molar-refractivity contribution in [2.45, 2.75) is 26.2 Å². The van der Waals surface area contributed by atoms with Gasteiger partial charge >= 0.3 is 5.97 Å². The molecular weight excluding hydrogens is 266 g/mol. The van der Waals surface area contributed by atoms with Crippen LogP contribution in [0, 0.1) is 0 Å². The standard InChI is InChI=1S/C16H17N3O2/c1-10(2)15-17-9-13(14(18-15)16(20)21)19-8-7-11-5-3-4-6-12(11)19/h3-6,9-10H,7-8H2,1-2H3,(H,20,21). The SMILES string of the molecule is CC(C)c1ncc(N2CCc3ccccc32)c(C(=O)O)n1. The first-order valence-electron chi connectivity index (χ1n) is 7.03. The third-order valence-electron chi connectivity index (χ3n) is 3.69. The van der Waals surface area contributed by atoms with Gasteiger partial charge in [-0.15, -0.1) is 0 Å². The highest BCUT2D eigenvalue weighted by Gasteiger charge is 2.26. The van der Waals surface area contributed by atoms with Crippen LogP contribution in [-0.4, -0.2) is 27.6 Å². The van der Waals surface area contributed by atoms with Gasteiger partial charge in [0.1, 0.15) is 5.82 Å². The van der Waals surface area contributed by atoms with E-state index >= 15 is 0 Å². The number of carbonyl (C=O) groups is 1. The molecule has 1 aromatic carbocycles. The van der Waals surface area contributed by atoms with Crippen LogP contribution in [0.4, 0.5) is 11.4 Å². The molecule has 21 heavy (non-hydrogen) atoms. The first-order chi connectivity index (χ1) is 10.1. The van der Waals surface area contributed by atoms with E-state index in [4.69, 9.17) is 0 Å². The number of para-hydroxylation sites is 1. The fraction of sp³-hybridized carbons (Fsp3) is 0.312. The number of hydrogen-bond acceptors (Lipinski definition) is 4. The van der Waals surface area contributed by atoms with Crippen LogP contribution in [0.5, 0.6) is 0 Å². The average molecular weight is 283 g/mol. The minimum Gasteiger partial charge on any atom is -0.476 e. The Morgan fingerprint density at radius 2 is 2.05 bits per heavy atom. The molecule has 1 aliphatic heterocycles. The second-order valence-corrected chi connectivity index (χ2v) is 5.45. The zero-order valence-corrected chi connectivity index (χ0v) is 12.1. The van der Waals surface area contributed by atoms with Crippen molar-refractivity contribution >= 4 is 17.3 Å². The van der Waals surface area contributed by atoms with Gasteiger partial charge < -0.3 is 10.0 Å². The third kappa shape index (κ3) is 2.35. The van der Waals surface area contributed by atoms with Gasteiger partial charge in [-0.2, -0.15) is 0 Å². The summed E-state index contributed by atoms with van der Waals surface area (Å²) in [5.41, 5.74) is 2.91. The second kappa shape index (κ2) is 5.16. The molecule has 108 valence electrons. The number of aromatic nitrogens is 2. The van der Waals surface area contributed by atoms with E-state index in [0.29, 0.717) is 11.5 Å². The lowest BCUT2D eigenvalue weighted by Gasteiger charge is -2.21. The van der Waals surface area contributed by atoms with Crippen molar-refractivity contribution < 1.29 is 9.90 Å². The average Bonchev–Trinajstić information content (AvgIpc) is 2.90. The summed E-state index contributed by atoms with van der Waals surface area (Å²) >= 11 is 0. The van der Waals surface area contributed by atoms with Gasteiger partial charge in [0.05, 0.1) is 11.9 Å². The molecule has 2 heterocycles. The van der Waals surface area contributed by atoms with Gasteiger partial charge in [-0.05, 0) is 18.1 Å². The predicted octanol–water partition coefficient (Wildman–Crippen LogP) is 2.99. The smallest absolute Gasteiger partial charge is 0.356 e. The van der Waals surface area contributed by atoms with Gasteiger partial charge in [0.25, 0.3) is 0 Å². The van der Waals surface area contributed by atoms with Crippen LogP contribution in [0.25, 0.3) is 0 Å². The highest BCUT2D eigenvalue weighted by atomic mass is 16.4. The summed E-state index contributed by atoms with van der Waals surface area (Å²) in [5, 5.41) is 9.46. The Kier molecular flexibility index (Phi) is 3.33. The van der Waals surface area contributed by atoms with Gasteiger partial charge in [-0.1, -0.05) is 32.0 Å². The zero-order chi connectivity index (χ0) is 15.0. The number of carboxylic acid groups (broad SMARTS) is 1. The maximum absolute atomic E-state index is 11.5. The van der Waals surface area contributed by atoms with E-state index in [0.717, 1.165) is 18.7 Å². The zero-order valence-electron chi connectivity index (χ0n) is 12.1. The molecule has 0 radical (unpaired) electrons. The van der Waals surface area contributed by atoms with E-state index in [1.54, 1.807) is 6.20 Å². The van der Waals surface area contributed by atoms with Crippen LogP contribution >= 0.6 is 0 Å². The monoisotopic (exact) mass is 283 g/mol. The molecule has 0 aliphatic carbocycles. The summed E-state index contributed by atoms with van der Waals surface area (Å²) in [7, 11) is 0. The van der Waals surface area contributed by atoms with Crippen LogP contribution in [0.1, 0.15) is 41.6 Å². The Bertz CT molecular complexity index is 698. The van der Waals surface area contributed by atoms with Crippen molar-refractivity contribution in [3.05, 3.63) is 47.5 Å². The third-order valence-corrected chi connectivity index (χ3v) is 3.69. The molecule has 0 spiro atoms. The normalized spacial score (nSPS) is 13.6. The summed E-state index contributed by atoms with van der Waals surface area (Å²) in [6.07, 6.45) is 2.54. The van der Waals surface area contributed by atoms with Gasteiger partial charge in [0.2, 0.25) is 0 Å². The van der Waals surface area contributed by atoms with Crippen molar-refractivity contribution in [2.75, 3.05) is 11.4 Å². The molecule has 5 nitrogen and oxygen atoms in total. The van der Waals surface area contributed by atoms with E-state index in [-0.39, 0.29) is 11.6 Å². The Morgan fingerprint density at radius 3 is 2.76 bits per heavy atom. The highest BCUT2D eigenvalue weighted by molar-refractivity contribution is 5.93. The number of fused-ring (bicyclic) bond motifs is 1. The molecule has 1 aromatic heterocycles. The van der Waals surface area contributed by atoms with E-state index in [1.165, 1.54) is 5.56 Å². The molecule has 2 aromatic rings. The highest BCUT2D eigenvalue weighted by Crippen LogP contribution is 2.35. The van der Waals surface area contributed by atoms with Gasteiger partial charge in [-0.25, -0.2) is 14.8 Å². The van der Waals surface area contributed by atoms with Crippen LogP contribution in [-0.2, 0) is 6.42 Å². The van der Waals surface area contributed by atoms with Crippen molar-refractivity contribution in [1.29, 1.82) is 0 Å². The second-order valence-electron chi connectivity index (χ2n) is 5.45. The van der Waals surface area contributed by atoms with Crippen LogP contribution in [0.15, 0.2) is 30.5 Å². The van der Waals surface area contributed by atoms with Crippen LogP contribution < -0.4 is 4.90 Å². The Labute approximate surface area is 123 Å². The quantitative estimate of drug-likeness (QED) is 0.938. The summed E-state index contributed by atoms with van der Waals surface area (Å²) in [4.78, 5) is 22.1. The Balaban J connectivity index is 2.09.